The van der Waals surface area contributed by atoms with Gasteiger partial charge in [-0.2, -0.15) is 8.78 Å². The maximum atomic E-state index is 15.2. The van der Waals surface area contributed by atoms with Crippen LogP contribution >= 0.6 is 0 Å². The van der Waals surface area contributed by atoms with Gasteiger partial charge in [0.15, 0.2) is 5.78 Å². The summed E-state index contributed by atoms with van der Waals surface area (Å²) in [6, 6.07) is 8.76. The molecule has 4 aliphatic rings. The van der Waals surface area contributed by atoms with Crippen LogP contribution in [0.2, 0.25) is 0 Å². The van der Waals surface area contributed by atoms with E-state index in [0.717, 1.165) is 36.8 Å². The van der Waals surface area contributed by atoms with Crippen molar-refractivity contribution in [2.24, 2.45) is 17.3 Å². The summed E-state index contributed by atoms with van der Waals surface area (Å²) in [5.74, 6) is -1.72. The fourth-order valence-electron chi connectivity index (χ4n) is 8.45. The van der Waals surface area contributed by atoms with Gasteiger partial charge >= 0.3 is 5.92 Å². The normalized spacial score (nSPS) is 32.8. The van der Waals surface area contributed by atoms with E-state index in [2.05, 4.69) is 31.2 Å². The summed E-state index contributed by atoms with van der Waals surface area (Å²) in [6.07, 6.45) is 18.3. The predicted molar refractivity (Wildman–Crippen MR) is 148 cm³/mol. The average Bonchev–Trinajstić information content (AvgIpc) is 3.20. The molecule has 0 amide bonds. The van der Waals surface area contributed by atoms with Gasteiger partial charge in [0.05, 0.1) is 0 Å². The monoisotopic (exact) mass is 520 g/mol. The van der Waals surface area contributed by atoms with E-state index in [1.54, 1.807) is 5.92 Å². The molecule has 0 bridgehead atoms. The molecule has 0 radical (unpaired) electrons. The number of alkyl halides is 2. The maximum absolute atomic E-state index is 15.2. The summed E-state index contributed by atoms with van der Waals surface area (Å²) in [5, 5.41) is 11.6. The standard InChI is InChI=1S/C34H42F2O2/c1-4-6-7-8-9-10-23-11-13-24(14-12-23)29-22-32(3)30(19-20-33(32,38)34(35,36)5-2)28-17-15-25-21-26(37)16-18-27(25)31(28)29/h2,11-14,21,28-30,38H,4,6-10,15-20,22H2,1,3H3/t28?,29?,30?,32-,33-/m0/s1. The second-order valence-electron chi connectivity index (χ2n) is 12.5. The van der Waals surface area contributed by atoms with Crippen molar-refractivity contribution >= 4 is 5.78 Å². The molecule has 3 unspecified atom stereocenters. The Morgan fingerprint density at radius 2 is 1.82 bits per heavy atom. The summed E-state index contributed by atoms with van der Waals surface area (Å²) in [7, 11) is 0. The Kier molecular flexibility index (Phi) is 7.46. The zero-order chi connectivity index (χ0) is 27.1. The number of benzene rings is 1. The maximum Gasteiger partial charge on any atom is 0.336 e. The number of carbonyl (C=O) groups excluding carboxylic acids is 1. The minimum atomic E-state index is -3.58. The Labute approximate surface area is 227 Å². The highest BCUT2D eigenvalue weighted by molar-refractivity contribution is 5.93. The van der Waals surface area contributed by atoms with E-state index >= 15 is 8.78 Å². The molecule has 0 spiro atoms. The minimum Gasteiger partial charge on any atom is -0.382 e. The van der Waals surface area contributed by atoms with Crippen molar-refractivity contribution in [1.29, 1.82) is 0 Å². The fourth-order valence-corrected chi connectivity index (χ4v) is 8.45. The molecular formula is C34H42F2O2. The first kappa shape index (κ1) is 27.3. The smallest absolute Gasteiger partial charge is 0.336 e. The number of unbranched alkanes of at least 4 members (excludes halogenated alkanes) is 4. The van der Waals surface area contributed by atoms with Crippen LogP contribution in [0.4, 0.5) is 8.78 Å². The lowest BCUT2D eigenvalue weighted by atomic mass is 9.50. The largest absolute Gasteiger partial charge is 0.382 e. The molecule has 0 aromatic heterocycles. The summed E-state index contributed by atoms with van der Waals surface area (Å²) >= 11 is 0. The molecule has 204 valence electrons. The molecule has 0 saturated heterocycles. The van der Waals surface area contributed by atoms with Gasteiger partial charge in [-0.3, -0.25) is 4.79 Å². The van der Waals surface area contributed by atoms with Gasteiger partial charge in [-0.25, -0.2) is 0 Å². The van der Waals surface area contributed by atoms with E-state index in [9.17, 15) is 9.90 Å². The van der Waals surface area contributed by atoms with Crippen molar-refractivity contribution in [3.8, 4) is 12.3 Å². The molecule has 0 heterocycles. The number of rotatable bonds is 8. The molecular weight excluding hydrogens is 478 g/mol. The molecule has 1 aromatic rings. The summed E-state index contributed by atoms with van der Waals surface area (Å²) < 4.78 is 30.5. The summed E-state index contributed by atoms with van der Waals surface area (Å²) in [6.45, 7) is 4.09. The molecule has 1 N–H and O–H groups in total. The van der Waals surface area contributed by atoms with Crippen LogP contribution in [0, 0.1) is 29.6 Å². The van der Waals surface area contributed by atoms with Crippen molar-refractivity contribution in [2.75, 3.05) is 0 Å². The molecule has 2 saturated carbocycles. The fraction of sp³-hybridized carbons (Fsp3) is 0.618. The second kappa shape index (κ2) is 10.4. The van der Waals surface area contributed by atoms with Gasteiger partial charge < -0.3 is 5.11 Å². The van der Waals surface area contributed by atoms with Gasteiger partial charge in [0.25, 0.3) is 0 Å². The minimum absolute atomic E-state index is 0.0232. The number of halogens is 2. The second-order valence-corrected chi connectivity index (χ2v) is 12.5. The predicted octanol–water partition coefficient (Wildman–Crippen LogP) is 8.10. The van der Waals surface area contributed by atoms with Crippen molar-refractivity contribution < 1.29 is 18.7 Å². The number of hydrogen-bond acceptors (Lipinski definition) is 2. The first-order valence-electron chi connectivity index (χ1n) is 14.8. The average molecular weight is 521 g/mol. The van der Waals surface area contributed by atoms with Crippen LogP contribution in [-0.2, 0) is 11.2 Å². The Hall–Kier alpha value is -2.25. The number of hydrogen-bond donors (Lipinski definition) is 1. The summed E-state index contributed by atoms with van der Waals surface area (Å²) in [4.78, 5) is 12.2. The van der Waals surface area contributed by atoms with Crippen LogP contribution in [0.3, 0.4) is 0 Å². The third kappa shape index (κ3) is 4.40. The molecule has 38 heavy (non-hydrogen) atoms. The van der Waals surface area contributed by atoms with E-state index in [1.807, 2.05) is 13.0 Å². The van der Waals surface area contributed by atoms with Gasteiger partial charge in [0, 0.05) is 17.8 Å². The van der Waals surface area contributed by atoms with Gasteiger partial charge in [0.2, 0.25) is 0 Å². The molecule has 5 rings (SSSR count). The number of aliphatic hydroxyl groups is 1. The highest BCUT2D eigenvalue weighted by atomic mass is 19.3. The van der Waals surface area contributed by atoms with E-state index in [0.29, 0.717) is 19.3 Å². The Balaban J connectivity index is 1.52. The van der Waals surface area contributed by atoms with Crippen LogP contribution in [0.15, 0.2) is 47.1 Å². The van der Waals surface area contributed by atoms with Crippen molar-refractivity contribution in [1.82, 2.24) is 0 Å². The number of carbonyl (C=O) groups is 1. The van der Waals surface area contributed by atoms with Gasteiger partial charge in [-0.15, -0.1) is 6.42 Å². The van der Waals surface area contributed by atoms with Crippen LogP contribution in [0.25, 0.3) is 0 Å². The van der Waals surface area contributed by atoms with Gasteiger partial charge in [-0.1, -0.05) is 69.4 Å². The van der Waals surface area contributed by atoms with Crippen molar-refractivity contribution in [2.45, 2.75) is 115 Å². The first-order valence-corrected chi connectivity index (χ1v) is 14.8. The van der Waals surface area contributed by atoms with Crippen LogP contribution in [-0.4, -0.2) is 22.4 Å². The lowest BCUT2D eigenvalue weighted by Crippen LogP contribution is -2.60. The third-order valence-electron chi connectivity index (χ3n) is 10.5. The van der Waals surface area contributed by atoms with Crippen LogP contribution < -0.4 is 0 Å². The SMILES string of the molecule is C#CC(F)(F)[C@]1(O)CCC2C3CCC4=CC(=O)CCC4=C3C(c3ccc(CCCCCCC)cc3)C[C@@]21C. The number of terminal acetylenes is 1. The van der Waals surface area contributed by atoms with Crippen molar-refractivity contribution in [3.63, 3.8) is 0 Å². The van der Waals surface area contributed by atoms with E-state index in [4.69, 9.17) is 6.42 Å². The highest BCUT2D eigenvalue weighted by Crippen LogP contribution is 2.69. The molecule has 4 heteroatoms. The Morgan fingerprint density at radius 1 is 1.08 bits per heavy atom. The number of fused-ring (bicyclic) bond motifs is 4. The first-order chi connectivity index (χ1) is 18.1. The lowest BCUT2D eigenvalue weighted by Gasteiger charge is -2.55. The molecule has 2 nitrogen and oxygen atoms in total. The van der Waals surface area contributed by atoms with Crippen LogP contribution in [0.1, 0.15) is 108 Å². The quantitative estimate of drug-likeness (QED) is 0.278. The molecule has 0 aliphatic heterocycles. The zero-order valence-corrected chi connectivity index (χ0v) is 23.0. The topological polar surface area (TPSA) is 37.3 Å². The Morgan fingerprint density at radius 3 is 2.53 bits per heavy atom. The van der Waals surface area contributed by atoms with E-state index in [-0.39, 0.29) is 30.0 Å². The van der Waals surface area contributed by atoms with Gasteiger partial charge in [-0.05, 0) is 97.5 Å². The van der Waals surface area contributed by atoms with Crippen LogP contribution in [0.5, 0.6) is 0 Å². The lowest BCUT2D eigenvalue weighted by molar-refractivity contribution is -0.209. The van der Waals surface area contributed by atoms with Gasteiger partial charge in [0.1, 0.15) is 5.60 Å². The van der Waals surface area contributed by atoms with Crippen molar-refractivity contribution in [3.05, 3.63) is 58.2 Å². The summed E-state index contributed by atoms with van der Waals surface area (Å²) in [5.41, 5.74) is 3.00. The Bertz CT molecular complexity index is 1170. The number of aryl methyl sites for hydroxylation is 1. The molecule has 2 fully saturated rings. The zero-order valence-electron chi connectivity index (χ0n) is 23.0. The van der Waals surface area contributed by atoms with E-state index in [1.165, 1.54) is 48.8 Å². The molecule has 4 aliphatic carbocycles. The molecule has 5 atom stereocenters. The number of ketones is 1. The third-order valence-corrected chi connectivity index (χ3v) is 10.5. The van der Waals surface area contributed by atoms with E-state index < -0.39 is 16.9 Å². The highest BCUT2D eigenvalue weighted by Gasteiger charge is 2.71. The molecule has 1 aromatic carbocycles. The number of allylic oxidation sites excluding steroid dienone is 4.